The van der Waals surface area contributed by atoms with Gasteiger partial charge >= 0.3 is 0 Å². The molecule has 9 nitrogen and oxygen atoms in total. The van der Waals surface area contributed by atoms with Crippen LogP contribution in [0.5, 0.6) is 0 Å². The first-order chi connectivity index (χ1) is 16.0. The maximum absolute atomic E-state index is 14.5. The van der Waals surface area contributed by atoms with Gasteiger partial charge in [-0.15, -0.1) is 0 Å². The Balaban J connectivity index is 1.55. The van der Waals surface area contributed by atoms with Crippen LogP contribution in [0, 0.1) is 18.7 Å². The van der Waals surface area contributed by atoms with Crippen LogP contribution in [0.2, 0.25) is 0 Å². The smallest absolute Gasteiger partial charge is 0.231 e. The fraction of sp³-hybridized carbons (Fsp3) is 0.391. The van der Waals surface area contributed by atoms with Gasteiger partial charge in [0.2, 0.25) is 5.95 Å². The molecular weight excluding hydrogens is 421 g/mol. The fourth-order valence-electron chi connectivity index (χ4n) is 5.31. The molecule has 5 N–H and O–H groups in total. The number of aryl methyl sites for hydroxylation is 1. The van der Waals surface area contributed by atoms with E-state index in [9.17, 15) is 4.39 Å². The molecule has 2 unspecified atom stereocenters. The maximum Gasteiger partial charge on any atom is 0.231 e. The van der Waals surface area contributed by atoms with Crippen LogP contribution in [0.3, 0.4) is 0 Å². The number of rotatable bonds is 4. The highest BCUT2D eigenvalue weighted by molar-refractivity contribution is 6.14. The van der Waals surface area contributed by atoms with Crippen molar-refractivity contribution in [3.63, 3.8) is 0 Å². The minimum atomic E-state index is -0.306. The molecule has 0 amide bonds. The molecule has 10 heteroatoms. The van der Waals surface area contributed by atoms with E-state index in [-0.39, 0.29) is 11.9 Å². The first kappa shape index (κ1) is 20.1. The fourth-order valence-corrected chi connectivity index (χ4v) is 5.31. The summed E-state index contributed by atoms with van der Waals surface area (Å²) in [4.78, 5) is 23.9. The second-order valence-electron chi connectivity index (χ2n) is 9.03. The monoisotopic (exact) mass is 447 g/mol. The number of nitrogens with zero attached hydrogens (tertiary/aromatic N) is 5. The lowest BCUT2D eigenvalue weighted by atomic mass is 9.76. The van der Waals surface area contributed by atoms with Crippen molar-refractivity contribution in [2.75, 3.05) is 29.1 Å². The van der Waals surface area contributed by atoms with Gasteiger partial charge in [-0.1, -0.05) is 0 Å². The van der Waals surface area contributed by atoms with Gasteiger partial charge in [0.25, 0.3) is 0 Å². The Kier molecular flexibility index (Phi) is 4.58. The summed E-state index contributed by atoms with van der Waals surface area (Å²) >= 11 is 0. The molecule has 2 bridgehead atoms. The number of nitrogens with one attached hydrogen (secondary N) is 3. The van der Waals surface area contributed by atoms with Crippen LogP contribution in [0.1, 0.15) is 25.1 Å². The first-order valence-electron chi connectivity index (χ1n) is 11.3. The molecule has 1 saturated carbocycles. The SMILES string of the molecule is CNc1cc(F)cc2c1[nH]c1nc(Nc3cnc(C)nc3)nc(N3CC4CCC3C[C@H]4N)c12. The molecule has 5 heterocycles. The van der Waals surface area contributed by atoms with Gasteiger partial charge in [0, 0.05) is 31.1 Å². The average molecular weight is 448 g/mol. The Hall–Kier alpha value is -3.53. The van der Waals surface area contributed by atoms with Crippen LogP contribution in [-0.2, 0) is 0 Å². The number of nitrogens with two attached hydrogens (primary N) is 1. The molecule has 170 valence electrons. The van der Waals surface area contributed by atoms with E-state index in [1.165, 1.54) is 6.07 Å². The van der Waals surface area contributed by atoms with Gasteiger partial charge in [-0.3, -0.25) is 0 Å². The zero-order valence-electron chi connectivity index (χ0n) is 18.6. The Morgan fingerprint density at radius 2 is 2.00 bits per heavy atom. The normalized spacial score (nSPS) is 22.3. The number of benzene rings is 1. The molecular formula is C23H26FN9. The molecule has 1 aromatic carbocycles. The summed E-state index contributed by atoms with van der Waals surface area (Å²) in [5.74, 6) is 2.05. The minimum absolute atomic E-state index is 0.218. The average Bonchev–Trinajstić information content (AvgIpc) is 3.18. The van der Waals surface area contributed by atoms with Gasteiger partial charge in [0.15, 0.2) is 0 Å². The maximum atomic E-state index is 14.5. The molecule has 0 radical (unpaired) electrons. The number of piperidine rings is 2. The van der Waals surface area contributed by atoms with E-state index in [0.29, 0.717) is 40.8 Å². The van der Waals surface area contributed by atoms with E-state index in [4.69, 9.17) is 15.7 Å². The van der Waals surface area contributed by atoms with Crippen LogP contribution in [0.25, 0.3) is 21.9 Å². The van der Waals surface area contributed by atoms with Crippen molar-refractivity contribution in [3.05, 3.63) is 36.2 Å². The van der Waals surface area contributed by atoms with Crippen LogP contribution in [0.4, 0.5) is 27.5 Å². The highest BCUT2D eigenvalue weighted by Crippen LogP contribution is 2.42. The van der Waals surface area contributed by atoms with Gasteiger partial charge in [-0.2, -0.15) is 9.97 Å². The van der Waals surface area contributed by atoms with E-state index in [1.54, 1.807) is 25.5 Å². The predicted molar refractivity (Wildman–Crippen MR) is 127 cm³/mol. The lowest BCUT2D eigenvalue weighted by Crippen LogP contribution is -2.57. The van der Waals surface area contributed by atoms with Crippen molar-refractivity contribution in [3.8, 4) is 0 Å². The number of hydrogen-bond donors (Lipinski definition) is 4. The van der Waals surface area contributed by atoms with Gasteiger partial charge in [-0.05, 0) is 44.2 Å². The second kappa shape index (κ2) is 7.51. The molecule has 3 fully saturated rings. The van der Waals surface area contributed by atoms with Crippen molar-refractivity contribution in [1.29, 1.82) is 0 Å². The Bertz CT molecular complexity index is 1350. The van der Waals surface area contributed by atoms with Crippen molar-refractivity contribution in [2.24, 2.45) is 11.7 Å². The molecule has 3 atom stereocenters. The second-order valence-corrected chi connectivity index (χ2v) is 9.03. The number of halogens is 1. The number of fused-ring (bicyclic) bond motifs is 6. The number of hydrogen-bond acceptors (Lipinski definition) is 8. The molecule has 3 aliphatic rings. The highest BCUT2D eigenvalue weighted by Gasteiger charge is 2.40. The summed E-state index contributed by atoms with van der Waals surface area (Å²) in [6.07, 6.45) is 6.56. The number of aromatic nitrogens is 5. The molecule has 33 heavy (non-hydrogen) atoms. The van der Waals surface area contributed by atoms with Crippen LogP contribution >= 0.6 is 0 Å². The molecule has 0 spiro atoms. The lowest BCUT2D eigenvalue weighted by molar-refractivity contribution is 0.216. The largest absolute Gasteiger partial charge is 0.386 e. The molecule has 2 saturated heterocycles. The summed E-state index contributed by atoms with van der Waals surface area (Å²) in [6.45, 7) is 2.68. The van der Waals surface area contributed by atoms with Crippen LogP contribution in [0.15, 0.2) is 24.5 Å². The predicted octanol–water partition coefficient (Wildman–Crippen LogP) is 3.45. The number of aromatic amines is 1. The Morgan fingerprint density at radius 3 is 2.70 bits per heavy atom. The van der Waals surface area contributed by atoms with Crippen molar-refractivity contribution in [1.82, 2.24) is 24.9 Å². The van der Waals surface area contributed by atoms with Gasteiger partial charge < -0.3 is 26.3 Å². The van der Waals surface area contributed by atoms with E-state index < -0.39 is 0 Å². The molecule has 1 aliphatic carbocycles. The summed E-state index contributed by atoms with van der Waals surface area (Å²) in [7, 11) is 1.78. The van der Waals surface area contributed by atoms with Gasteiger partial charge in [0.1, 0.15) is 23.1 Å². The standard InChI is InChI=1S/C23H26FN9/c1-11-27-8-14(9-28-11)29-23-31-21-19(16-5-13(24)6-18(26-2)20(16)30-21)22(32-23)33-10-12-3-4-15(33)7-17(12)25/h5-6,8-9,12,15,17,26H,3-4,7,10,25H2,1-2H3,(H2,29,30,31,32)/t12?,15?,17-/m1/s1. The van der Waals surface area contributed by atoms with E-state index >= 15 is 0 Å². The molecule has 2 aliphatic heterocycles. The Morgan fingerprint density at radius 1 is 1.18 bits per heavy atom. The summed E-state index contributed by atoms with van der Waals surface area (Å²) in [5.41, 5.74) is 9.23. The van der Waals surface area contributed by atoms with Gasteiger partial charge in [0.05, 0.1) is 34.7 Å². The summed E-state index contributed by atoms with van der Waals surface area (Å²) in [6, 6.07) is 3.56. The van der Waals surface area contributed by atoms with Crippen LogP contribution < -0.4 is 21.3 Å². The third-order valence-corrected chi connectivity index (χ3v) is 6.98. The van der Waals surface area contributed by atoms with Crippen molar-refractivity contribution < 1.29 is 4.39 Å². The van der Waals surface area contributed by atoms with E-state index in [2.05, 4.69) is 30.5 Å². The molecule has 3 aromatic heterocycles. The number of H-pyrrole nitrogens is 1. The van der Waals surface area contributed by atoms with Crippen LogP contribution in [-0.4, -0.2) is 50.6 Å². The number of anilines is 4. The lowest BCUT2D eigenvalue weighted by Gasteiger charge is -2.49. The molecule has 4 aromatic rings. The van der Waals surface area contributed by atoms with E-state index in [1.807, 2.05) is 6.92 Å². The highest BCUT2D eigenvalue weighted by atomic mass is 19.1. The quantitative estimate of drug-likeness (QED) is 0.375. The Labute approximate surface area is 190 Å². The van der Waals surface area contributed by atoms with E-state index in [0.717, 1.165) is 47.9 Å². The summed E-state index contributed by atoms with van der Waals surface area (Å²) < 4.78 is 14.5. The minimum Gasteiger partial charge on any atom is -0.386 e. The topological polar surface area (TPSA) is 121 Å². The third-order valence-electron chi connectivity index (χ3n) is 6.98. The van der Waals surface area contributed by atoms with Crippen molar-refractivity contribution >= 4 is 45.1 Å². The first-order valence-corrected chi connectivity index (χ1v) is 11.3. The zero-order chi connectivity index (χ0) is 22.7. The third kappa shape index (κ3) is 3.32. The summed E-state index contributed by atoms with van der Waals surface area (Å²) in [5, 5.41) is 7.90. The zero-order valence-corrected chi connectivity index (χ0v) is 18.6. The van der Waals surface area contributed by atoms with Gasteiger partial charge in [-0.25, -0.2) is 14.4 Å². The van der Waals surface area contributed by atoms with Crippen molar-refractivity contribution in [2.45, 2.75) is 38.3 Å². The molecule has 7 rings (SSSR count).